The van der Waals surface area contributed by atoms with Crippen molar-refractivity contribution in [1.29, 1.82) is 0 Å². The summed E-state index contributed by atoms with van der Waals surface area (Å²) in [7, 11) is 1.77. The molecule has 1 heterocycles. The van der Waals surface area contributed by atoms with Crippen LogP contribution in [-0.2, 0) is 11.3 Å². The average Bonchev–Trinajstić information content (AvgIpc) is 2.64. The van der Waals surface area contributed by atoms with Crippen molar-refractivity contribution in [3.8, 4) is 5.75 Å². The van der Waals surface area contributed by atoms with Gasteiger partial charge in [0.25, 0.3) is 0 Å². The first-order valence-corrected chi connectivity index (χ1v) is 8.77. The number of nitrogens with zero attached hydrogens (tertiary/aromatic N) is 3. The summed E-state index contributed by atoms with van der Waals surface area (Å²) in [4.78, 5) is 20.0. The first-order valence-electron chi connectivity index (χ1n) is 8.77. The monoisotopic (exact) mass is 476 g/mol. The van der Waals surface area contributed by atoms with Crippen LogP contribution >= 0.6 is 24.0 Å². The first kappa shape index (κ1) is 22.3. The van der Waals surface area contributed by atoms with Gasteiger partial charge in [-0.25, -0.2) is 4.79 Å². The van der Waals surface area contributed by atoms with Gasteiger partial charge in [0, 0.05) is 45.3 Å². The summed E-state index contributed by atoms with van der Waals surface area (Å²) in [6.07, 6.45) is -0.240. The number of para-hydroxylation sites is 1. The number of carbonyl (C=O) groups excluding carboxylic acids is 1. The van der Waals surface area contributed by atoms with Gasteiger partial charge in [0.2, 0.25) is 0 Å². The lowest BCUT2D eigenvalue weighted by Gasteiger charge is -2.35. The Kier molecular flexibility index (Phi) is 10.2. The number of rotatable bonds is 5. The summed E-state index contributed by atoms with van der Waals surface area (Å²) in [5, 5.41) is 3.38. The number of aliphatic imine (C=N–C) groups is 1. The largest absolute Gasteiger partial charge is 0.494 e. The Bertz CT molecular complexity index is 590. The number of nitrogens with one attached hydrogen (secondary N) is 1. The van der Waals surface area contributed by atoms with Crippen LogP contribution in [0.1, 0.15) is 19.4 Å². The Morgan fingerprint density at radius 3 is 2.38 bits per heavy atom. The number of hydrogen-bond acceptors (Lipinski definition) is 4. The maximum atomic E-state index is 11.8. The van der Waals surface area contributed by atoms with Crippen molar-refractivity contribution >= 4 is 36.0 Å². The van der Waals surface area contributed by atoms with Gasteiger partial charge in [0.05, 0.1) is 13.2 Å². The number of benzene rings is 1. The molecule has 1 saturated heterocycles. The van der Waals surface area contributed by atoms with E-state index in [1.165, 1.54) is 0 Å². The predicted molar refractivity (Wildman–Crippen MR) is 113 cm³/mol. The van der Waals surface area contributed by atoms with Gasteiger partial charge >= 0.3 is 6.09 Å². The van der Waals surface area contributed by atoms with Crippen LogP contribution in [0.4, 0.5) is 4.79 Å². The molecule has 0 atom stereocenters. The van der Waals surface area contributed by atoms with Crippen molar-refractivity contribution in [2.45, 2.75) is 20.4 Å². The minimum atomic E-state index is -0.240. The number of ether oxygens (including phenoxy) is 2. The molecule has 1 aliphatic rings. The van der Waals surface area contributed by atoms with Gasteiger partial charge < -0.3 is 24.6 Å². The summed E-state index contributed by atoms with van der Waals surface area (Å²) in [5.74, 6) is 1.72. The fourth-order valence-corrected chi connectivity index (χ4v) is 2.77. The third kappa shape index (κ3) is 6.22. The summed E-state index contributed by atoms with van der Waals surface area (Å²) in [6, 6.07) is 7.99. The molecule has 0 radical (unpaired) electrons. The second-order valence-electron chi connectivity index (χ2n) is 5.61. The first-order chi connectivity index (χ1) is 12.2. The minimum Gasteiger partial charge on any atom is -0.494 e. The summed E-state index contributed by atoms with van der Waals surface area (Å²) in [6.45, 7) is 8.21. The number of piperazine rings is 1. The van der Waals surface area contributed by atoms with Gasteiger partial charge in [-0.15, -0.1) is 24.0 Å². The molecule has 7 nitrogen and oxygen atoms in total. The molecule has 146 valence electrons. The van der Waals surface area contributed by atoms with E-state index in [1.54, 1.807) is 11.9 Å². The molecule has 1 N–H and O–H groups in total. The number of guanidine groups is 1. The lowest BCUT2D eigenvalue weighted by Crippen LogP contribution is -2.53. The number of halogens is 1. The van der Waals surface area contributed by atoms with E-state index in [0.29, 0.717) is 32.8 Å². The number of hydrogen-bond donors (Lipinski definition) is 1. The molecule has 26 heavy (non-hydrogen) atoms. The fourth-order valence-electron chi connectivity index (χ4n) is 2.77. The van der Waals surface area contributed by atoms with Crippen LogP contribution in [0.2, 0.25) is 0 Å². The molecule has 0 unspecified atom stereocenters. The molecule has 0 bridgehead atoms. The van der Waals surface area contributed by atoms with Crippen LogP contribution in [0.15, 0.2) is 29.3 Å². The Hall–Kier alpha value is -1.71. The van der Waals surface area contributed by atoms with Gasteiger partial charge in [-0.2, -0.15) is 0 Å². The SMILES string of the molecule is CCOC(=O)N1CCN(C(=NC)NCc2ccccc2OCC)CC1.I. The molecule has 1 fully saturated rings. The molecule has 0 aromatic heterocycles. The van der Waals surface area contributed by atoms with Crippen LogP contribution in [0, 0.1) is 0 Å². The van der Waals surface area contributed by atoms with Gasteiger partial charge in [-0.05, 0) is 19.9 Å². The predicted octanol–water partition coefficient (Wildman–Crippen LogP) is 2.55. The minimum absolute atomic E-state index is 0. The highest BCUT2D eigenvalue weighted by Gasteiger charge is 2.23. The van der Waals surface area contributed by atoms with Crippen molar-refractivity contribution in [3.05, 3.63) is 29.8 Å². The fraction of sp³-hybridized carbons (Fsp3) is 0.556. The quantitative estimate of drug-likeness (QED) is 0.402. The smallest absolute Gasteiger partial charge is 0.409 e. The summed E-state index contributed by atoms with van der Waals surface area (Å²) < 4.78 is 10.7. The zero-order valence-corrected chi connectivity index (χ0v) is 18.1. The van der Waals surface area contributed by atoms with Crippen molar-refractivity contribution < 1.29 is 14.3 Å². The number of carbonyl (C=O) groups is 1. The van der Waals surface area contributed by atoms with Crippen molar-refractivity contribution in [2.75, 3.05) is 46.4 Å². The third-order valence-electron chi connectivity index (χ3n) is 4.03. The zero-order valence-electron chi connectivity index (χ0n) is 15.7. The van der Waals surface area contributed by atoms with Crippen LogP contribution in [0.3, 0.4) is 0 Å². The third-order valence-corrected chi connectivity index (χ3v) is 4.03. The van der Waals surface area contributed by atoms with E-state index in [4.69, 9.17) is 9.47 Å². The molecule has 0 spiro atoms. The Balaban J connectivity index is 0.00000338. The molecule has 1 aliphatic heterocycles. The average molecular weight is 476 g/mol. The van der Waals surface area contributed by atoms with Crippen LogP contribution in [-0.4, -0.2) is 68.3 Å². The van der Waals surface area contributed by atoms with E-state index in [2.05, 4.69) is 15.2 Å². The Morgan fingerprint density at radius 1 is 1.12 bits per heavy atom. The van der Waals surface area contributed by atoms with E-state index < -0.39 is 0 Å². The molecular formula is C18H29IN4O3. The van der Waals surface area contributed by atoms with Crippen molar-refractivity contribution in [2.24, 2.45) is 4.99 Å². The Morgan fingerprint density at radius 2 is 1.77 bits per heavy atom. The highest BCUT2D eigenvalue weighted by molar-refractivity contribution is 14.0. The molecule has 0 aliphatic carbocycles. The highest BCUT2D eigenvalue weighted by Crippen LogP contribution is 2.17. The van der Waals surface area contributed by atoms with Crippen LogP contribution in [0.5, 0.6) is 5.75 Å². The zero-order chi connectivity index (χ0) is 18.1. The lowest BCUT2D eigenvalue weighted by atomic mass is 10.2. The molecule has 0 saturated carbocycles. The maximum Gasteiger partial charge on any atom is 0.409 e. The number of amides is 1. The summed E-state index contributed by atoms with van der Waals surface area (Å²) >= 11 is 0. The molecular weight excluding hydrogens is 447 g/mol. The van der Waals surface area contributed by atoms with E-state index in [-0.39, 0.29) is 30.1 Å². The second-order valence-corrected chi connectivity index (χ2v) is 5.61. The topological polar surface area (TPSA) is 66.4 Å². The maximum absolute atomic E-state index is 11.8. The molecule has 1 aromatic rings. The van der Waals surface area contributed by atoms with Crippen LogP contribution in [0.25, 0.3) is 0 Å². The standard InChI is InChI=1S/C18H28N4O3.HI/c1-4-24-16-9-7-6-8-15(16)14-20-17(19-3)21-10-12-22(13-11-21)18(23)25-5-2;/h6-9H,4-5,10-14H2,1-3H3,(H,19,20);1H. The molecule has 2 rings (SSSR count). The van der Waals surface area contributed by atoms with E-state index in [0.717, 1.165) is 30.4 Å². The van der Waals surface area contributed by atoms with Gasteiger partial charge in [0.15, 0.2) is 5.96 Å². The molecule has 1 aromatic carbocycles. The normalized spacial score (nSPS) is 14.5. The summed E-state index contributed by atoms with van der Waals surface area (Å²) in [5.41, 5.74) is 1.09. The van der Waals surface area contributed by atoms with E-state index >= 15 is 0 Å². The Labute approximate surface area is 172 Å². The van der Waals surface area contributed by atoms with E-state index in [9.17, 15) is 4.79 Å². The van der Waals surface area contributed by atoms with Crippen LogP contribution < -0.4 is 10.1 Å². The van der Waals surface area contributed by atoms with Crippen molar-refractivity contribution in [3.63, 3.8) is 0 Å². The van der Waals surface area contributed by atoms with Gasteiger partial charge in [0.1, 0.15) is 5.75 Å². The molecule has 1 amide bonds. The van der Waals surface area contributed by atoms with Crippen molar-refractivity contribution in [1.82, 2.24) is 15.1 Å². The molecule has 8 heteroatoms. The highest BCUT2D eigenvalue weighted by atomic mass is 127. The van der Waals surface area contributed by atoms with Gasteiger partial charge in [-0.1, -0.05) is 18.2 Å². The van der Waals surface area contributed by atoms with Gasteiger partial charge in [-0.3, -0.25) is 4.99 Å². The second kappa shape index (κ2) is 11.8. The van der Waals surface area contributed by atoms with E-state index in [1.807, 2.05) is 38.1 Å². The lowest BCUT2D eigenvalue weighted by molar-refractivity contribution is 0.0914.